The molecule has 0 radical (unpaired) electrons. The van der Waals surface area contributed by atoms with E-state index in [1.54, 1.807) is 32.0 Å². The number of esters is 1. The zero-order valence-electron chi connectivity index (χ0n) is 20.2. The van der Waals surface area contributed by atoms with Gasteiger partial charge in [0.25, 0.3) is 10.0 Å². The Balaban J connectivity index is 2.35. The minimum atomic E-state index is -3.93. The quantitative estimate of drug-likeness (QED) is 0.452. The van der Waals surface area contributed by atoms with Crippen LogP contribution in [0.25, 0.3) is 6.08 Å². The molecule has 34 heavy (non-hydrogen) atoms. The molecule has 186 valence electrons. The van der Waals surface area contributed by atoms with Crippen LogP contribution in [0.3, 0.4) is 0 Å². The number of benzene rings is 2. The molecule has 0 heterocycles. The van der Waals surface area contributed by atoms with Gasteiger partial charge in [0.15, 0.2) is 0 Å². The molecule has 0 aliphatic carbocycles. The fourth-order valence-corrected chi connectivity index (χ4v) is 3.90. The smallest absolute Gasteiger partial charge is 0.330 e. The number of carbonyl (C=O) groups excluding carboxylic acids is 1. The third-order valence-corrected chi connectivity index (χ3v) is 5.78. The van der Waals surface area contributed by atoms with Crippen molar-refractivity contribution in [2.75, 3.05) is 45.6 Å². The fourth-order valence-electron chi connectivity index (χ4n) is 3.06. The molecule has 0 fully saturated rings. The van der Waals surface area contributed by atoms with Crippen molar-refractivity contribution in [2.45, 2.75) is 19.4 Å². The van der Waals surface area contributed by atoms with Crippen LogP contribution in [0.15, 0.2) is 35.7 Å². The first-order chi connectivity index (χ1) is 16.0. The molecule has 0 aliphatic heterocycles. The third kappa shape index (κ3) is 6.47. The van der Waals surface area contributed by atoms with Gasteiger partial charge < -0.3 is 29.0 Å². The molecule has 0 aromatic heterocycles. The summed E-state index contributed by atoms with van der Waals surface area (Å²) >= 11 is 0. The molecule has 2 N–H and O–H groups in total. The Labute approximate surface area is 199 Å². The topological polar surface area (TPSA) is 121 Å². The number of hydrogen-bond donors (Lipinski definition) is 2. The highest BCUT2D eigenvalue weighted by atomic mass is 32.2. The van der Waals surface area contributed by atoms with Gasteiger partial charge in [-0.25, -0.2) is 13.2 Å². The number of sulfonamides is 1. The molecule has 0 atom stereocenters. The summed E-state index contributed by atoms with van der Waals surface area (Å²) in [7, 11) is 3.24. The molecule has 10 nitrogen and oxygen atoms in total. The van der Waals surface area contributed by atoms with Crippen LogP contribution in [0.1, 0.15) is 19.4 Å². The maximum Gasteiger partial charge on any atom is 0.330 e. The standard InChI is InChI=1S/C23H30N2O8S/c1-23(2,22(26)33-7)24-18-12-15(8-9-19(18)30-4)25-34(27,28)11-10-17-20(31-5)13-16(29-3)14-21(17)32-6/h8-14,24-25H,1-7H3/b11-10+. The van der Waals surface area contributed by atoms with E-state index in [0.29, 0.717) is 34.2 Å². The first-order valence-electron chi connectivity index (χ1n) is 10.1. The van der Waals surface area contributed by atoms with E-state index < -0.39 is 21.5 Å². The Morgan fingerprint density at radius 1 is 0.882 bits per heavy atom. The zero-order chi connectivity index (χ0) is 25.5. The van der Waals surface area contributed by atoms with Crippen molar-refractivity contribution in [3.05, 3.63) is 41.3 Å². The van der Waals surface area contributed by atoms with Crippen molar-refractivity contribution in [1.82, 2.24) is 0 Å². The molecule has 2 rings (SSSR count). The molecular formula is C23H30N2O8S. The molecule has 11 heteroatoms. The van der Waals surface area contributed by atoms with Crippen molar-refractivity contribution in [3.8, 4) is 23.0 Å². The maximum atomic E-state index is 12.8. The van der Waals surface area contributed by atoms with Gasteiger partial charge in [0.05, 0.1) is 57.9 Å². The van der Waals surface area contributed by atoms with Gasteiger partial charge >= 0.3 is 5.97 Å². The number of carbonyl (C=O) groups is 1. The molecule has 0 spiro atoms. The first-order valence-corrected chi connectivity index (χ1v) is 11.6. The molecule has 0 saturated heterocycles. The second-order valence-corrected chi connectivity index (χ2v) is 9.12. The van der Waals surface area contributed by atoms with Gasteiger partial charge in [-0.1, -0.05) is 0 Å². The lowest BCUT2D eigenvalue weighted by Gasteiger charge is -2.25. The lowest BCUT2D eigenvalue weighted by Crippen LogP contribution is -2.41. The predicted molar refractivity (Wildman–Crippen MR) is 130 cm³/mol. The summed E-state index contributed by atoms with van der Waals surface area (Å²) in [6, 6.07) is 7.87. The van der Waals surface area contributed by atoms with E-state index in [1.807, 2.05) is 0 Å². The summed E-state index contributed by atoms with van der Waals surface area (Å²) in [5.74, 6) is 1.18. The van der Waals surface area contributed by atoms with E-state index in [9.17, 15) is 13.2 Å². The second-order valence-electron chi connectivity index (χ2n) is 7.55. The van der Waals surface area contributed by atoms with Crippen LogP contribution in [0.2, 0.25) is 0 Å². The highest BCUT2D eigenvalue weighted by Crippen LogP contribution is 2.35. The van der Waals surface area contributed by atoms with Gasteiger partial charge in [-0.15, -0.1) is 0 Å². The van der Waals surface area contributed by atoms with Gasteiger partial charge in [-0.2, -0.15) is 0 Å². The monoisotopic (exact) mass is 494 g/mol. The van der Waals surface area contributed by atoms with Gasteiger partial charge in [0.2, 0.25) is 0 Å². The van der Waals surface area contributed by atoms with Crippen LogP contribution in [0.5, 0.6) is 23.0 Å². The lowest BCUT2D eigenvalue weighted by molar-refractivity contribution is -0.144. The summed E-state index contributed by atoms with van der Waals surface area (Å²) in [4.78, 5) is 12.0. The maximum absolute atomic E-state index is 12.8. The van der Waals surface area contributed by atoms with E-state index in [1.165, 1.54) is 53.8 Å². The summed E-state index contributed by atoms with van der Waals surface area (Å²) in [6.07, 6.45) is 1.36. The number of methoxy groups -OCH3 is 5. The molecular weight excluding hydrogens is 464 g/mol. The number of anilines is 2. The van der Waals surface area contributed by atoms with Crippen molar-refractivity contribution >= 4 is 33.4 Å². The van der Waals surface area contributed by atoms with Crippen LogP contribution < -0.4 is 29.0 Å². The van der Waals surface area contributed by atoms with Gasteiger partial charge in [-0.05, 0) is 38.1 Å². The highest BCUT2D eigenvalue weighted by molar-refractivity contribution is 7.95. The molecule has 0 unspecified atom stereocenters. The average Bonchev–Trinajstić information content (AvgIpc) is 2.81. The summed E-state index contributed by atoms with van der Waals surface area (Å²) in [6.45, 7) is 3.26. The van der Waals surface area contributed by atoms with E-state index in [4.69, 9.17) is 23.7 Å². The molecule has 2 aromatic rings. The van der Waals surface area contributed by atoms with Crippen molar-refractivity contribution in [3.63, 3.8) is 0 Å². The number of hydrogen-bond acceptors (Lipinski definition) is 9. The molecule has 0 bridgehead atoms. The average molecular weight is 495 g/mol. The first kappa shape index (κ1) is 26.7. The number of nitrogens with one attached hydrogen (secondary N) is 2. The fraction of sp³-hybridized carbons (Fsp3) is 0.348. The normalized spacial score (nSPS) is 11.6. The molecule has 0 saturated carbocycles. The Kier molecular flexibility index (Phi) is 8.63. The van der Waals surface area contributed by atoms with Crippen molar-refractivity contribution in [2.24, 2.45) is 0 Å². The zero-order valence-corrected chi connectivity index (χ0v) is 21.0. The summed E-state index contributed by atoms with van der Waals surface area (Å²) < 4.78 is 54.0. The van der Waals surface area contributed by atoms with Crippen LogP contribution in [-0.4, -0.2) is 55.5 Å². The number of ether oxygens (including phenoxy) is 5. The van der Waals surface area contributed by atoms with Crippen LogP contribution >= 0.6 is 0 Å². The Morgan fingerprint density at radius 3 is 1.97 bits per heavy atom. The molecule has 2 aromatic carbocycles. The minimum Gasteiger partial charge on any atom is -0.496 e. The third-order valence-electron chi connectivity index (χ3n) is 4.77. The second kappa shape index (κ2) is 11.0. The van der Waals surface area contributed by atoms with E-state index in [2.05, 4.69) is 10.0 Å². The minimum absolute atomic E-state index is 0.252. The Hall–Kier alpha value is -3.60. The van der Waals surface area contributed by atoms with E-state index in [0.717, 1.165) is 5.41 Å². The van der Waals surface area contributed by atoms with E-state index >= 15 is 0 Å². The molecule has 0 aliphatic rings. The van der Waals surface area contributed by atoms with Gasteiger partial charge in [0.1, 0.15) is 28.5 Å². The predicted octanol–water partition coefficient (Wildman–Crippen LogP) is 3.50. The van der Waals surface area contributed by atoms with Crippen LogP contribution in [-0.2, 0) is 19.6 Å². The van der Waals surface area contributed by atoms with Gasteiger partial charge in [-0.3, -0.25) is 4.72 Å². The number of rotatable bonds is 11. The SMILES string of the molecule is COC(=O)C(C)(C)Nc1cc(NS(=O)(=O)/C=C/c2c(OC)cc(OC)cc2OC)ccc1OC. The lowest BCUT2D eigenvalue weighted by atomic mass is 10.1. The van der Waals surface area contributed by atoms with Crippen LogP contribution in [0, 0.1) is 0 Å². The summed E-state index contributed by atoms with van der Waals surface area (Å²) in [5, 5.41) is 4.01. The Bertz CT molecular complexity index is 1130. The van der Waals surface area contributed by atoms with Gasteiger partial charge in [0, 0.05) is 12.1 Å². The largest absolute Gasteiger partial charge is 0.496 e. The molecule has 0 amide bonds. The summed E-state index contributed by atoms with van der Waals surface area (Å²) in [5.41, 5.74) is -0.00286. The Morgan fingerprint density at radius 2 is 1.47 bits per heavy atom. The van der Waals surface area contributed by atoms with Crippen molar-refractivity contribution < 1.29 is 36.9 Å². The van der Waals surface area contributed by atoms with Crippen LogP contribution in [0.4, 0.5) is 11.4 Å². The highest BCUT2D eigenvalue weighted by Gasteiger charge is 2.29. The van der Waals surface area contributed by atoms with Crippen molar-refractivity contribution in [1.29, 1.82) is 0 Å². The van der Waals surface area contributed by atoms with E-state index in [-0.39, 0.29) is 5.69 Å².